The molecule has 0 saturated carbocycles. The molecule has 0 radical (unpaired) electrons. The molecule has 3 aromatic heterocycles. The van der Waals surface area contributed by atoms with Crippen molar-refractivity contribution in [3.05, 3.63) is 66.9 Å². The van der Waals surface area contributed by atoms with Gasteiger partial charge in [-0.15, -0.1) is 0 Å². The van der Waals surface area contributed by atoms with Crippen molar-refractivity contribution < 1.29 is 9.13 Å². The average Bonchev–Trinajstić information content (AvgIpc) is 3.15. The SMILES string of the molecule is Fc1ccc(-n2c(-c3ccc(NC4CCOCC4)nc3)nc3ccncc32)cc1. The molecule has 1 saturated heterocycles. The number of imidazole rings is 1. The highest BCUT2D eigenvalue weighted by Gasteiger charge is 2.16. The van der Waals surface area contributed by atoms with E-state index < -0.39 is 0 Å². The lowest BCUT2D eigenvalue weighted by atomic mass is 10.1. The highest BCUT2D eigenvalue weighted by atomic mass is 19.1. The van der Waals surface area contributed by atoms with E-state index in [0.29, 0.717) is 6.04 Å². The van der Waals surface area contributed by atoms with Crippen LogP contribution in [0.2, 0.25) is 0 Å². The number of ether oxygens (including phenoxy) is 1. The van der Waals surface area contributed by atoms with Crippen LogP contribution >= 0.6 is 0 Å². The number of benzene rings is 1. The minimum Gasteiger partial charge on any atom is -0.381 e. The molecule has 0 unspecified atom stereocenters. The van der Waals surface area contributed by atoms with E-state index in [1.807, 2.05) is 29.0 Å². The Morgan fingerprint density at radius 3 is 2.59 bits per heavy atom. The van der Waals surface area contributed by atoms with Crippen LogP contribution in [0.4, 0.5) is 10.2 Å². The van der Waals surface area contributed by atoms with E-state index in [1.165, 1.54) is 12.1 Å². The Balaban J connectivity index is 1.52. The van der Waals surface area contributed by atoms with E-state index in [9.17, 15) is 4.39 Å². The van der Waals surface area contributed by atoms with E-state index in [-0.39, 0.29) is 5.82 Å². The molecule has 1 aromatic carbocycles. The summed E-state index contributed by atoms with van der Waals surface area (Å²) < 4.78 is 20.8. The maximum atomic E-state index is 13.4. The van der Waals surface area contributed by atoms with Gasteiger partial charge in [0.05, 0.1) is 17.2 Å². The van der Waals surface area contributed by atoms with Crippen molar-refractivity contribution in [2.75, 3.05) is 18.5 Å². The summed E-state index contributed by atoms with van der Waals surface area (Å²) in [7, 11) is 0. The second-order valence-electron chi connectivity index (χ2n) is 7.07. The minimum atomic E-state index is -0.275. The Hall–Kier alpha value is -3.32. The Morgan fingerprint density at radius 2 is 1.83 bits per heavy atom. The highest BCUT2D eigenvalue weighted by molar-refractivity contribution is 5.82. The van der Waals surface area contributed by atoms with Gasteiger partial charge in [-0.1, -0.05) is 0 Å². The summed E-state index contributed by atoms with van der Waals surface area (Å²) in [6.07, 6.45) is 7.26. The molecule has 1 aliphatic rings. The summed E-state index contributed by atoms with van der Waals surface area (Å²) in [5, 5.41) is 3.47. The van der Waals surface area contributed by atoms with Gasteiger partial charge in [0.15, 0.2) is 0 Å². The van der Waals surface area contributed by atoms with Gasteiger partial charge in [0, 0.05) is 42.9 Å². The Kier molecular flexibility index (Phi) is 4.65. The third kappa shape index (κ3) is 3.56. The molecule has 1 fully saturated rings. The van der Waals surface area contributed by atoms with Gasteiger partial charge in [-0.25, -0.2) is 14.4 Å². The Bertz CT molecular complexity index is 1120. The van der Waals surface area contributed by atoms with Gasteiger partial charge in [0.1, 0.15) is 17.5 Å². The molecule has 0 amide bonds. The van der Waals surface area contributed by atoms with Gasteiger partial charge in [-0.05, 0) is 55.3 Å². The third-order valence-corrected chi connectivity index (χ3v) is 5.14. The quantitative estimate of drug-likeness (QED) is 0.566. The predicted octanol–water partition coefficient (Wildman–Crippen LogP) is 4.21. The maximum Gasteiger partial charge on any atom is 0.147 e. The number of halogens is 1. The van der Waals surface area contributed by atoms with Gasteiger partial charge < -0.3 is 10.1 Å². The molecule has 6 nitrogen and oxygen atoms in total. The fourth-order valence-corrected chi connectivity index (χ4v) is 3.63. The first-order chi connectivity index (χ1) is 14.3. The van der Waals surface area contributed by atoms with Gasteiger partial charge >= 0.3 is 0 Å². The molecule has 0 bridgehead atoms. The third-order valence-electron chi connectivity index (χ3n) is 5.14. The van der Waals surface area contributed by atoms with Crippen LogP contribution in [0.15, 0.2) is 61.1 Å². The lowest BCUT2D eigenvalue weighted by Crippen LogP contribution is -2.28. The molecular weight excluding hydrogens is 369 g/mol. The van der Waals surface area contributed by atoms with E-state index in [0.717, 1.165) is 60.0 Å². The predicted molar refractivity (Wildman–Crippen MR) is 110 cm³/mol. The molecule has 1 aliphatic heterocycles. The Labute approximate surface area is 167 Å². The number of nitrogens with zero attached hydrogens (tertiary/aromatic N) is 4. The molecule has 1 N–H and O–H groups in total. The molecule has 7 heteroatoms. The highest BCUT2D eigenvalue weighted by Crippen LogP contribution is 2.28. The monoisotopic (exact) mass is 389 g/mol. The van der Waals surface area contributed by atoms with Crippen molar-refractivity contribution in [3.8, 4) is 17.1 Å². The molecule has 4 heterocycles. The fraction of sp³-hybridized carbons (Fsp3) is 0.227. The van der Waals surface area contributed by atoms with Crippen LogP contribution in [0, 0.1) is 5.82 Å². The standard InChI is InChI=1S/C22H20FN5O/c23-16-2-4-18(5-3-16)28-20-14-24-10-7-19(20)27-22(28)15-1-6-21(25-13-15)26-17-8-11-29-12-9-17/h1-7,10,13-14,17H,8-9,11-12H2,(H,25,26). The van der Waals surface area contributed by atoms with Crippen molar-refractivity contribution in [1.29, 1.82) is 0 Å². The first kappa shape index (κ1) is 17.8. The average molecular weight is 389 g/mol. The number of hydrogen-bond donors (Lipinski definition) is 1. The number of aromatic nitrogens is 4. The maximum absolute atomic E-state index is 13.4. The molecular formula is C22H20FN5O. The molecule has 146 valence electrons. The van der Waals surface area contributed by atoms with Gasteiger partial charge in [-0.3, -0.25) is 9.55 Å². The number of anilines is 1. The summed E-state index contributed by atoms with van der Waals surface area (Å²) in [6, 6.07) is 12.6. The first-order valence-electron chi connectivity index (χ1n) is 9.67. The fourth-order valence-electron chi connectivity index (χ4n) is 3.63. The van der Waals surface area contributed by atoms with Crippen LogP contribution in [0.3, 0.4) is 0 Å². The van der Waals surface area contributed by atoms with Crippen LogP contribution in [0.25, 0.3) is 28.1 Å². The van der Waals surface area contributed by atoms with Gasteiger partial charge in [0.25, 0.3) is 0 Å². The summed E-state index contributed by atoms with van der Waals surface area (Å²) in [4.78, 5) is 13.6. The Morgan fingerprint density at radius 1 is 1.00 bits per heavy atom. The zero-order chi connectivity index (χ0) is 19.6. The van der Waals surface area contributed by atoms with E-state index in [2.05, 4.69) is 15.3 Å². The number of rotatable bonds is 4. The summed E-state index contributed by atoms with van der Waals surface area (Å²) in [5.41, 5.74) is 3.38. The van der Waals surface area contributed by atoms with Crippen LogP contribution in [-0.2, 0) is 4.74 Å². The van der Waals surface area contributed by atoms with Crippen LogP contribution < -0.4 is 5.32 Å². The van der Waals surface area contributed by atoms with Crippen molar-refractivity contribution >= 4 is 16.9 Å². The van der Waals surface area contributed by atoms with Crippen molar-refractivity contribution in [2.45, 2.75) is 18.9 Å². The second-order valence-corrected chi connectivity index (χ2v) is 7.07. The molecule has 5 rings (SSSR count). The zero-order valence-electron chi connectivity index (χ0n) is 15.8. The van der Waals surface area contributed by atoms with E-state index in [4.69, 9.17) is 9.72 Å². The zero-order valence-corrected chi connectivity index (χ0v) is 15.8. The summed E-state index contributed by atoms with van der Waals surface area (Å²) in [6.45, 7) is 1.57. The molecule has 0 atom stereocenters. The summed E-state index contributed by atoms with van der Waals surface area (Å²) in [5.74, 6) is 1.31. The number of pyridine rings is 2. The second kappa shape index (κ2) is 7.60. The first-order valence-corrected chi connectivity index (χ1v) is 9.67. The number of nitrogens with one attached hydrogen (secondary N) is 1. The molecule has 4 aromatic rings. The van der Waals surface area contributed by atoms with Crippen LogP contribution in [-0.4, -0.2) is 38.8 Å². The molecule has 0 aliphatic carbocycles. The van der Waals surface area contributed by atoms with Crippen LogP contribution in [0.1, 0.15) is 12.8 Å². The molecule has 0 spiro atoms. The van der Waals surface area contributed by atoms with Crippen molar-refractivity contribution in [3.63, 3.8) is 0 Å². The van der Waals surface area contributed by atoms with Gasteiger partial charge in [0.2, 0.25) is 0 Å². The lowest BCUT2D eigenvalue weighted by molar-refractivity contribution is 0.0904. The molecule has 29 heavy (non-hydrogen) atoms. The number of fused-ring (bicyclic) bond motifs is 1. The lowest BCUT2D eigenvalue weighted by Gasteiger charge is -2.23. The van der Waals surface area contributed by atoms with Crippen LogP contribution in [0.5, 0.6) is 0 Å². The van der Waals surface area contributed by atoms with E-state index >= 15 is 0 Å². The number of hydrogen-bond acceptors (Lipinski definition) is 5. The van der Waals surface area contributed by atoms with E-state index in [1.54, 1.807) is 24.5 Å². The van der Waals surface area contributed by atoms with Gasteiger partial charge in [-0.2, -0.15) is 0 Å². The summed E-state index contributed by atoms with van der Waals surface area (Å²) >= 11 is 0. The minimum absolute atomic E-state index is 0.275. The van der Waals surface area contributed by atoms with Crippen molar-refractivity contribution in [1.82, 2.24) is 19.5 Å². The normalized spacial score (nSPS) is 14.9. The topological polar surface area (TPSA) is 64.9 Å². The smallest absolute Gasteiger partial charge is 0.147 e. The largest absolute Gasteiger partial charge is 0.381 e. The van der Waals surface area contributed by atoms with Crippen molar-refractivity contribution in [2.24, 2.45) is 0 Å².